The molecule has 0 amide bonds. The molecule has 0 aliphatic heterocycles. The van der Waals surface area contributed by atoms with Crippen molar-refractivity contribution >= 4 is 11.9 Å². The third kappa shape index (κ3) is 27.8. The van der Waals surface area contributed by atoms with Crippen LogP contribution in [0.15, 0.2) is 0 Å². The fourth-order valence-corrected chi connectivity index (χ4v) is 4.84. The summed E-state index contributed by atoms with van der Waals surface area (Å²) in [5.41, 5.74) is 0. The third-order valence-electron chi connectivity index (χ3n) is 7.41. The van der Waals surface area contributed by atoms with E-state index in [1.165, 1.54) is 89.9 Å². The average molecular weight is 525 g/mol. The molecule has 4 heteroatoms. The standard InChI is InChI=1S/C33H64O4/c1-4-7-9-10-11-12-13-14-15-16-19-22-26-30-36-32(34)28-24-20-17-18-21-25-29-33(35)37-31(6-3)27-23-8-5-2/h31H,4-30H2,1-3H3. The molecule has 0 aromatic heterocycles. The number of hydrogen-bond donors (Lipinski definition) is 0. The van der Waals surface area contributed by atoms with Gasteiger partial charge in [0.05, 0.1) is 6.61 Å². The van der Waals surface area contributed by atoms with Gasteiger partial charge in [0.2, 0.25) is 0 Å². The van der Waals surface area contributed by atoms with Crippen LogP contribution in [0.2, 0.25) is 0 Å². The Bertz CT molecular complexity index is 491. The minimum Gasteiger partial charge on any atom is -0.466 e. The number of rotatable bonds is 29. The van der Waals surface area contributed by atoms with Crippen LogP contribution in [0.1, 0.15) is 188 Å². The predicted octanol–water partition coefficient (Wildman–Crippen LogP) is 10.6. The van der Waals surface area contributed by atoms with E-state index < -0.39 is 0 Å². The van der Waals surface area contributed by atoms with Crippen molar-refractivity contribution in [3.63, 3.8) is 0 Å². The van der Waals surface area contributed by atoms with Crippen LogP contribution >= 0.6 is 0 Å². The highest BCUT2D eigenvalue weighted by Crippen LogP contribution is 2.15. The first-order valence-electron chi connectivity index (χ1n) is 16.5. The number of hydrogen-bond acceptors (Lipinski definition) is 4. The van der Waals surface area contributed by atoms with Gasteiger partial charge in [-0.25, -0.2) is 0 Å². The summed E-state index contributed by atoms with van der Waals surface area (Å²) >= 11 is 0. The van der Waals surface area contributed by atoms with Crippen molar-refractivity contribution in [2.75, 3.05) is 6.61 Å². The highest BCUT2D eigenvalue weighted by atomic mass is 16.5. The van der Waals surface area contributed by atoms with Crippen LogP contribution in [-0.2, 0) is 19.1 Å². The molecule has 4 nitrogen and oxygen atoms in total. The second-order valence-corrected chi connectivity index (χ2v) is 11.1. The lowest BCUT2D eigenvalue weighted by atomic mass is 10.0. The summed E-state index contributed by atoms with van der Waals surface area (Å²) < 4.78 is 11.0. The monoisotopic (exact) mass is 524 g/mol. The Morgan fingerprint density at radius 3 is 1.38 bits per heavy atom. The van der Waals surface area contributed by atoms with E-state index in [-0.39, 0.29) is 18.0 Å². The molecule has 1 atom stereocenters. The Morgan fingerprint density at radius 2 is 0.892 bits per heavy atom. The Hall–Kier alpha value is -1.06. The molecule has 0 fully saturated rings. The van der Waals surface area contributed by atoms with Gasteiger partial charge in [0.25, 0.3) is 0 Å². The minimum absolute atomic E-state index is 0.0328. The molecule has 1 unspecified atom stereocenters. The second-order valence-electron chi connectivity index (χ2n) is 11.1. The number of carbonyl (C=O) groups is 2. The number of esters is 2. The Balaban J connectivity index is 3.35. The molecule has 0 aliphatic rings. The van der Waals surface area contributed by atoms with Crippen LogP contribution in [0.4, 0.5) is 0 Å². The third-order valence-corrected chi connectivity index (χ3v) is 7.41. The number of carbonyl (C=O) groups excluding carboxylic acids is 2. The van der Waals surface area contributed by atoms with Crippen LogP contribution in [0.3, 0.4) is 0 Å². The maximum absolute atomic E-state index is 12.0. The first-order chi connectivity index (χ1) is 18.1. The van der Waals surface area contributed by atoms with Crippen molar-refractivity contribution in [3.05, 3.63) is 0 Å². The normalized spacial score (nSPS) is 12.0. The van der Waals surface area contributed by atoms with Gasteiger partial charge in [-0.2, -0.15) is 0 Å². The van der Waals surface area contributed by atoms with Gasteiger partial charge in [0, 0.05) is 12.8 Å². The summed E-state index contributed by atoms with van der Waals surface area (Å²) in [7, 11) is 0. The average Bonchev–Trinajstić information content (AvgIpc) is 2.89. The zero-order valence-corrected chi connectivity index (χ0v) is 25.3. The summed E-state index contributed by atoms with van der Waals surface area (Å²) in [5.74, 6) is -0.0688. The molecule has 0 aromatic rings. The van der Waals surface area contributed by atoms with Crippen LogP contribution in [0.5, 0.6) is 0 Å². The Morgan fingerprint density at radius 1 is 0.486 bits per heavy atom. The van der Waals surface area contributed by atoms with E-state index in [1.54, 1.807) is 0 Å². The molecule has 0 radical (unpaired) electrons. The van der Waals surface area contributed by atoms with E-state index in [0.717, 1.165) is 64.2 Å². The minimum atomic E-state index is -0.0360. The molecule has 0 spiro atoms. The summed E-state index contributed by atoms with van der Waals surface area (Å²) in [5, 5.41) is 0. The van der Waals surface area contributed by atoms with Gasteiger partial charge in [0.15, 0.2) is 0 Å². The molecule has 220 valence electrons. The lowest BCUT2D eigenvalue weighted by Gasteiger charge is -2.16. The fraction of sp³-hybridized carbons (Fsp3) is 0.939. The van der Waals surface area contributed by atoms with E-state index in [0.29, 0.717) is 19.4 Å². The van der Waals surface area contributed by atoms with Crippen molar-refractivity contribution in [1.29, 1.82) is 0 Å². The molecular formula is C33H64O4. The molecule has 37 heavy (non-hydrogen) atoms. The fourth-order valence-electron chi connectivity index (χ4n) is 4.84. The smallest absolute Gasteiger partial charge is 0.306 e. The summed E-state index contributed by atoms with van der Waals surface area (Å²) in [6.45, 7) is 7.15. The van der Waals surface area contributed by atoms with Crippen LogP contribution < -0.4 is 0 Å². The van der Waals surface area contributed by atoms with Crippen molar-refractivity contribution in [1.82, 2.24) is 0 Å². The van der Waals surface area contributed by atoms with E-state index in [1.807, 2.05) is 0 Å². The van der Waals surface area contributed by atoms with Crippen molar-refractivity contribution in [2.24, 2.45) is 0 Å². The van der Waals surface area contributed by atoms with Crippen molar-refractivity contribution < 1.29 is 19.1 Å². The largest absolute Gasteiger partial charge is 0.466 e. The number of unbranched alkanes of at least 4 members (excludes halogenated alkanes) is 19. The van der Waals surface area contributed by atoms with Crippen LogP contribution in [-0.4, -0.2) is 24.6 Å². The summed E-state index contributed by atoms with van der Waals surface area (Å²) in [6.07, 6.45) is 30.2. The molecule has 0 N–H and O–H groups in total. The lowest BCUT2D eigenvalue weighted by Crippen LogP contribution is -2.17. The van der Waals surface area contributed by atoms with Gasteiger partial charge in [-0.1, -0.05) is 136 Å². The molecule has 0 bridgehead atoms. The molecule has 0 aliphatic carbocycles. The SMILES string of the molecule is CCCCCCCCCCCCCCCOC(=O)CCCCCCCCC(=O)OC(CC)CCCCC. The van der Waals surface area contributed by atoms with Gasteiger partial charge >= 0.3 is 11.9 Å². The maximum Gasteiger partial charge on any atom is 0.306 e. The van der Waals surface area contributed by atoms with E-state index in [4.69, 9.17) is 9.47 Å². The van der Waals surface area contributed by atoms with E-state index >= 15 is 0 Å². The number of ether oxygens (including phenoxy) is 2. The first-order valence-corrected chi connectivity index (χ1v) is 16.5. The van der Waals surface area contributed by atoms with Crippen molar-refractivity contribution in [3.8, 4) is 0 Å². The zero-order valence-electron chi connectivity index (χ0n) is 25.3. The second kappa shape index (κ2) is 29.5. The van der Waals surface area contributed by atoms with Crippen LogP contribution in [0, 0.1) is 0 Å². The predicted molar refractivity (Wildman–Crippen MR) is 158 cm³/mol. The van der Waals surface area contributed by atoms with Gasteiger partial charge in [-0.05, 0) is 38.5 Å². The first kappa shape index (κ1) is 35.9. The van der Waals surface area contributed by atoms with Gasteiger partial charge < -0.3 is 9.47 Å². The molecule has 0 saturated carbocycles. The van der Waals surface area contributed by atoms with Crippen molar-refractivity contribution in [2.45, 2.75) is 194 Å². The summed E-state index contributed by atoms with van der Waals surface area (Å²) in [6, 6.07) is 0. The molecule has 0 rings (SSSR count). The summed E-state index contributed by atoms with van der Waals surface area (Å²) in [4.78, 5) is 23.9. The molecular weight excluding hydrogens is 460 g/mol. The Labute approximate surface area is 231 Å². The maximum atomic E-state index is 12.0. The Kier molecular flexibility index (Phi) is 28.7. The van der Waals surface area contributed by atoms with Crippen LogP contribution in [0.25, 0.3) is 0 Å². The highest BCUT2D eigenvalue weighted by Gasteiger charge is 2.12. The zero-order chi connectivity index (χ0) is 27.2. The van der Waals surface area contributed by atoms with E-state index in [2.05, 4.69) is 20.8 Å². The van der Waals surface area contributed by atoms with Gasteiger partial charge in [-0.3, -0.25) is 9.59 Å². The van der Waals surface area contributed by atoms with Gasteiger partial charge in [0.1, 0.15) is 6.10 Å². The van der Waals surface area contributed by atoms with Gasteiger partial charge in [-0.15, -0.1) is 0 Å². The topological polar surface area (TPSA) is 52.6 Å². The van der Waals surface area contributed by atoms with E-state index in [9.17, 15) is 9.59 Å². The highest BCUT2D eigenvalue weighted by molar-refractivity contribution is 5.69. The lowest BCUT2D eigenvalue weighted by molar-refractivity contribution is -0.149. The molecule has 0 aromatic carbocycles. The molecule has 0 saturated heterocycles. The quantitative estimate of drug-likeness (QED) is 0.0721. The molecule has 0 heterocycles.